The van der Waals surface area contributed by atoms with Crippen LogP contribution in [0.1, 0.15) is 53.4 Å². The average Bonchev–Trinajstić information content (AvgIpc) is 2.57. The van der Waals surface area contributed by atoms with Crippen LogP contribution < -0.4 is 5.32 Å². The summed E-state index contributed by atoms with van der Waals surface area (Å²) in [7, 11) is -0.382. The highest BCUT2D eigenvalue weighted by molar-refractivity contribution is 7.24. The van der Waals surface area contributed by atoms with Gasteiger partial charge in [0.2, 0.25) is 0 Å². The van der Waals surface area contributed by atoms with Crippen molar-refractivity contribution in [3.05, 3.63) is 12.2 Å². The molecule has 2 atom stereocenters. The number of rotatable bonds is 6. The van der Waals surface area contributed by atoms with Gasteiger partial charge < -0.3 is 10.4 Å². The number of aliphatic hydroxyl groups is 1. The minimum atomic E-state index is -1.02. The summed E-state index contributed by atoms with van der Waals surface area (Å²) in [5, 5.41) is 21.9. The molecular formula is C15H31N2O4P. The maximum atomic E-state index is 11.5. The second-order valence-corrected chi connectivity index (χ2v) is 5.40. The van der Waals surface area contributed by atoms with Gasteiger partial charge in [-0.25, -0.2) is 5.06 Å². The first-order valence-corrected chi connectivity index (χ1v) is 8.83. The van der Waals surface area contributed by atoms with Crippen LogP contribution in [0, 0.1) is 0 Å². The van der Waals surface area contributed by atoms with Crippen LogP contribution in [0.5, 0.6) is 0 Å². The predicted molar refractivity (Wildman–Crippen MR) is 89.2 cm³/mol. The molecule has 130 valence electrons. The van der Waals surface area contributed by atoms with E-state index >= 15 is 0 Å². The lowest BCUT2D eigenvalue weighted by molar-refractivity contribution is -0.171. The Morgan fingerprint density at radius 2 is 2.05 bits per heavy atom. The van der Waals surface area contributed by atoms with Gasteiger partial charge in [-0.1, -0.05) is 46.3 Å². The summed E-state index contributed by atoms with van der Waals surface area (Å²) < 4.78 is 10.2. The van der Waals surface area contributed by atoms with E-state index in [0.717, 1.165) is 19.3 Å². The van der Waals surface area contributed by atoms with E-state index in [2.05, 4.69) is 19.2 Å². The second-order valence-electron chi connectivity index (χ2n) is 4.59. The molecule has 0 aliphatic heterocycles. The van der Waals surface area contributed by atoms with Gasteiger partial charge in [-0.2, -0.15) is 0 Å². The molecule has 0 spiro atoms. The molecule has 2 unspecified atom stereocenters. The third kappa shape index (κ3) is 11.8. The standard InChI is InChI=1S/C10H17N2O4P.C3H8.C2H6/c13-9(6-11-7-10(14)17-16)12(15)8-4-2-1-3-5-8;1-3-2;1-2/h2,4,8,10-11,14-15H,1,3,5-7H2;3H2,1-2H3;1-2H3. The first kappa shape index (κ1) is 23.5. The predicted octanol–water partition coefficient (Wildman–Crippen LogP) is 2.96. The maximum Gasteiger partial charge on any atom is 0.260 e. The Labute approximate surface area is 135 Å². The van der Waals surface area contributed by atoms with Crippen LogP contribution in [0.15, 0.2) is 12.2 Å². The number of hydrogen-bond donors (Lipinski definition) is 3. The van der Waals surface area contributed by atoms with Crippen LogP contribution in [0.2, 0.25) is 0 Å². The Balaban J connectivity index is 0. The fourth-order valence-electron chi connectivity index (χ4n) is 1.61. The number of nitrogens with zero attached hydrogens (tertiary/aromatic N) is 1. The fraction of sp³-hybridized carbons (Fsp3) is 0.800. The summed E-state index contributed by atoms with van der Waals surface area (Å²) in [6.07, 6.45) is 7.68. The van der Waals surface area contributed by atoms with E-state index in [9.17, 15) is 14.6 Å². The van der Waals surface area contributed by atoms with Crippen LogP contribution in [0.4, 0.5) is 0 Å². The van der Waals surface area contributed by atoms with E-state index in [1.807, 2.05) is 26.0 Å². The molecule has 0 radical (unpaired) electrons. The van der Waals surface area contributed by atoms with Crippen molar-refractivity contribution in [3.63, 3.8) is 0 Å². The molecule has 1 amide bonds. The average molecular weight is 334 g/mol. The maximum absolute atomic E-state index is 11.5. The zero-order valence-corrected chi connectivity index (χ0v) is 15.1. The highest BCUT2D eigenvalue weighted by atomic mass is 31.1. The SMILES string of the molecule is CC.CCC.O=PC(O)CNCC(=O)N(O)C1C=CCCC1. The fourth-order valence-corrected chi connectivity index (χ4v) is 1.81. The van der Waals surface area contributed by atoms with Gasteiger partial charge in [-0.15, -0.1) is 0 Å². The van der Waals surface area contributed by atoms with Crippen LogP contribution in [-0.4, -0.2) is 46.3 Å². The highest BCUT2D eigenvalue weighted by Gasteiger charge is 2.20. The quantitative estimate of drug-likeness (QED) is 0.301. The smallest absolute Gasteiger partial charge is 0.260 e. The molecule has 7 heteroatoms. The number of nitrogens with one attached hydrogen (secondary N) is 1. The third-order valence-electron chi connectivity index (χ3n) is 2.52. The Morgan fingerprint density at radius 1 is 1.45 bits per heavy atom. The molecule has 0 aromatic rings. The van der Waals surface area contributed by atoms with Crippen molar-refractivity contribution in [3.8, 4) is 0 Å². The molecule has 22 heavy (non-hydrogen) atoms. The van der Waals surface area contributed by atoms with Gasteiger partial charge in [0.1, 0.15) is 5.85 Å². The molecule has 0 saturated carbocycles. The van der Waals surface area contributed by atoms with Gasteiger partial charge >= 0.3 is 0 Å². The molecular weight excluding hydrogens is 303 g/mol. The normalized spacial score (nSPS) is 17.6. The van der Waals surface area contributed by atoms with E-state index < -0.39 is 11.8 Å². The number of hydroxylamine groups is 2. The summed E-state index contributed by atoms with van der Waals surface area (Å²) >= 11 is 0. The van der Waals surface area contributed by atoms with Crippen molar-refractivity contribution in [1.29, 1.82) is 0 Å². The summed E-state index contributed by atoms with van der Waals surface area (Å²) in [5.74, 6) is -1.49. The Morgan fingerprint density at radius 3 is 2.50 bits per heavy atom. The zero-order chi connectivity index (χ0) is 17.4. The van der Waals surface area contributed by atoms with Gasteiger partial charge in [-0.3, -0.25) is 14.6 Å². The molecule has 6 nitrogen and oxygen atoms in total. The lowest BCUT2D eigenvalue weighted by Crippen LogP contribution is -2.43. The second kappa shape index (κ2) is 16.6. The molecule has 0 heterocycles. The topological polar surface area (TPSA) is 89.9 Å². The van der Waals surface area contributed by atoms with E-state index in [4.69, 9.17) is 5.11 Å². The van der Waals surface area contributed by atoms with Crippen LogP contribution in [0.25, 0.3) is 0 Å². The molecule has 1 rings (SSSR count). The number of allylic oxidation sites excluding steroid dienone is 1. The van der Waals surface area contributed by atoms with Crippen molar-refractivity contribution < 1.29 is 19.7 Å². The first-order chi connectivity index (χ1) is 10.6. The van der Waals surface area contributed by atoms with E-state index in [0.29, 0.717) is 5.06 Å². The lowest BCUT2D eigenvalue weighted by Gasteiger charge is -2.25. The highest BCUT2D eigenvalue weighted by Crippen LogP contribution is 2.14. The third-order valence-corrected chi connectivity index (χ3v) is 2.95. The molecule has 0 aromatic heterocycles. The van der Waals surface area contributed by atoms with E-state index in [-0.39, 0.29) is 27.6 Å². The molecule has 0 bridgehead atoms. The van der Waals surface area contributed by atoms with Crippen molar-refractivity contribution >= 4 is 14.4 Å². The minimum absolute atomic E-state index is 0.0468. The zero-order valence-electron chi connectivity index (χ0n) is 14.2. The number of carbonyl (C=O) groups excluding carboxylic acids is 1. The van der Waals surface area contributed by atoms with Gasteiger partial charge in [-0.05, 0) is 19.3 Å². The number of hydrogen-bond acceptors (Lipinski definition) is 5. The largest absolute Gasteiger partial charge is 0.380 e. The van der Waals surface area contributed by atoms with Crippen LogP contribution in [-0.2, 0) is 9.36 Å². The molecule has 0 aromatic carbocycles. The summed E-state index contributed by atoms with van der Waals surface area (Å²) in [6, 6.07) is -0.263. The molecule has 3 N–H and O–H groups in total. The van der Waals surface area contributed by atoms with Gasteiger partial charge in [0.05, 0.1) is 12.6 Å². The molecule has 1 aliphatic rings. The Kier molecular flexibility index (Phi) is 17.7. The van der Waals surface area contributed by atoms with Gasteiger partial charge in [0.25, 0.3) is 5.91 Å². The summed E-state index contributed by atoms with van der Waals surface area (Å²) in [6.45, 7) is 8.21. The first-order valence-electron chi connectivity index (χ1n) is 7.95. The van der Waals surface area contributed by atoms with Crippen LogP contribution in [0.3, 0.4) is 0 Å². The minimum Gasteiger partial charge on any atom is -0.380 e. The number of aliphatic hydroxyl groups excluding tert-OH is 1. The van der Waals surface area contributed by atoms with Gasteiger partial charge in [0.15, 0.2) is 8.46 Å². The Hall–Kier alpha value is -0.810. The Bertz CT molecular complexity index is 314. The monoisotopic (exact) mass is 334 g/mol. The molecule has 0 fully saturated rings. The molecule has 1 aliphatic carbocycles. The molecule has 0 saturated heterocycles. The number of amides is 1. The van der Waals surface area contributed by atoms with Crippen molar-refractivity contribution in [2.75, 3.05) is 13.1 Å². The lowest BCUT2D eigenvalue weighted by atomic mass is 10.0. The van der Waals surface area contributed by atoms with E-state index in [1.54, 1.807) is 0 Å². The number of carbonyl (C=O) groups is 1. The van der Waals surface area contributed by atoms with Gasteiger partial charge in [0, 0.05) is 6.54 Å². The summed E-state index contributed by atoms with van der Waals surface area (Å²) in [5.41, 5.74) is 0. The van der Waals surface area contributed by atoms with Crippen molar-refractivity contribution in [1.82, 2.24) is 10.4 Å². The van der Waals surface area contributed by atoms with Crippen molar-refractivity contribution in [2.24, 2.45) is 0 Å². The van der Waals surface area contributed by atoms with Crippen molar-refractivity contribution in [2.45, 2.75) is 65.3 Å². The van der Waals surface area contributed by atoms with E-state index in [1.165, 1.54) is 6.42 Å². The van der Waals surface area contributed by atoms with Crippen LogP contribution >= 0.6 is 8.46 Å². The summed E-state index contributed by atoms with van der Waals surface area (Å²) in [4.78, 5) is 11.5.